The van der Waals surface area contributed by atoms with Crippen molar-refractivity contribution in [2.24, 2.45) is 34.5 Å². The Hall–Kier alpha value is -0.660. The predicted molar refractivity (Wildman–Crippen MR) is 90.6 cm³/mol. The molecule has 0 nitrogen and oxygen atoms in total. The van der Waals surface area contributed by atoms with Crippen LogP contribution in [0, 0.1) is 34.5 Å². The van der Waals surface area contributed by atoms with Gasteiger partial charge in [-0.25, -0.2) is 8.78 Å². The Bertz CT molecular complexity index is 550. The summed E-state index contributed by atoms with van der Waals surface area (Å²) in [5.74, 6) is 1.25. The molecule has 0 heterocycles. The molecular weight excluding hydrogens is 290 g/mol. The fourth-order valence-electron chi connectivity index (χ4n) is 7.06. The Morgan fingerprint density at radius 2 is 1.91 bits per heavy atom. The monoisotopic (exact) mass is 320 g/mol. The second-order valence-electron chi connectivity index (χ2n) is 8.94. The molecule has 0 saturated heterocycles. The molecule has 2 unspecified atom stereocenters. The molecule has 0 bridgehead atoms. The number of fused-ring (bicyclic) bond motifs is 5. The summed E-state index contributed by atoms with van der Waals surface area (Å²) < 4.78 is 30.3. The summed E-state index contributed by atoms with van der Waals surface area (Å²) in [4.78, 5) is 0. The average molecular weight is 320 g/mol. The number of allylic oxidation sites excluding steroid dienone is 4. The van der Waals surface area contributed by atoms with E-state index < -0.39 is 12.3 Å². The summed E-state index contributed by atoms with van der Waals surface area (Å²) in [6, 6.07) is 0. The van der Waals surface area contributed by atoms with Crippen LogP contribution in [-0.2, 0) is 0 Å². The quantitative estimate of drug-likeness (QED) is 0.517. The van der Waals surface area contributed by atoms with Crippen LogP contribution in [0.4, 0.5) is 8.78 Å². The highest BCUT2D eigenvalue weighted by molar-refractivity contribution is 5.36. The van der Waals surface area contributed by atoms with Crippen LogP contribution in [-0.4, -0.2) is 12.3 Å². The lowest BCUT2D eigenvalue weighted by atomic mass is 9.47. The van der Waals surface area contributed by atoms with Crippen LogP contribution in [0.5, 0.6) is 0 Å². The molecule has 0 amide bonds. The first-order valence-electron chi connectivity index (χ1n) is 9.60. The van der Waals surface area contributed by atoms with Gasteiger partial charge in [0.15, 0.2) is 6.17 Å². The van der Waals surface area contributed by atoms with Crippen LogP contribution >= 0.6 is 0 Å². The zero-order valence-electron chi connectivity index (χ0n) is 14.7. The summed E-state index contributed by atoms with van der Waals surface area (Å²) in [5.41, 5.74) is 0.717. The van der Waals surface area contributed by atoms with E-state index in [1.54, 1.807) is 0 Å². The lowest BCUT2D eigenvalue weighted by Crippen LogP contribution is -2.57. The molecule has 4 aliphatic carbocycles. The lowest BCUT2D eigenvalue weighted by molar-refractivity contribution is -0.0926. The van der Waals surface area contributed by atoms with Gasteiger partial charge in [0.1, 0.15) is 6.17 Å². The third-order valence-electron chi connectivity index (χ3n) is 8.30. The van der Waals surface area contributed by atoms with Crippen molar-refractivity contribution < 1.29 is 8.78 Å². The van der Waals surface area contributed by atoms with E-state index >= 15 is 8.78 Å². The molecule has 0 radical (unpaired) electrons. The van der Waals surface area contributed by atoms with Gasteiger partial charge in [0.05, 0.1) is 0 Å². The van der Waals surface area contributed by atoms with Gasteiger partial charge in [0.25, 0.3) is 0 Å². The van der Waals surface area contributed by atoms with Gasteiger partial charge in [-0.05, 0) is 60.8 Å². The van der Waals surface area contributed by atoms with Crippen molar-refractivity contribution in [3.8, 4) is 0 Å². The van der Waals surface area contributed by atoms with Crippen LogP contribution in [0.1, 0.15) is 59.3 Å². The fraction of sp³-hybridized carbons (Fsp3) is 0.810. The van der Waals surface area contributed by atoms with E-state index in [4.69, 9.17) is 0 Å². The summed E-state index contributed by atoms with van der Waals surface area (Å²) in [7, 11) is 0. The SMILES string of the molecule is CC[C@H]1CC[C@H]2[C@@H]3C(F)C(F)C4=CCC=C[C@]4(C)[C@H]3CC[C@]12C. The molecule has 8 atom stereocenters. The van der Waals surface area contributed by atoms with Crippen molar-refractivity contribution in [3.05, 3.63) is 23.8 Å². The van der Waals surface area contributed by atoms with Gasteiger partial charge < -0.3 is 0 Å². The van der Waals surface area contributed by atoms with Crippen LogP contribution in [0.25, 0.3) is 0 Å². The maximum atomic E-state index is 15.3. The van der Waals surface area contributed by atoms with E-state index in [1.807, 2.05) is 6.08 Å². The Labute approximate surface area is 139 Å². The maximum absolute atomic E-state index is 15.3. The van der Waals surface area contributed by atoms with Crippen molar-refractivity contribution >= 4 is 0 Å². The number of halogens is 2. The van der Waals surface area contributed by atoms with Gasteiger partial charge in [-0.1, -0.05) is 45.4 Å². The molecule has 0 N–H and O–H groups in total. The van der Waals surface area contributed by atoms with Crippen LogP contribution in [0.3, 0.4) is 0 Å². The van der Waals surface area contributed by atoms with E-state index in [0.717, 1.165) is 24.8 Å². The topological polar surface area (TPSA) is 0 Å². The Balaban J connectivity index is 1.76. The van der Waals surface area contributed by atoms with E-state index in [-0.39, 0.29) is 22.7 Å². The molecule has 0 aliphatic heterocycles. The standard InChI is InChI=1S/C21H30F2/c1-4-13-8-9-14-17-15(10-12-20(13,14)2)21(3)11-6-5-7-16(21)18(22)19(17)23/h6-7,11,13-15,17-19H,4-5,8-10,12H2,1-3H3/t13-,14-,15-,17-,18?,19?,20+,21+/m0/s1. The van der Waals surface area contributed by atoms with E-state index in [0.29, 0.717) is 11.8 Å². The molecule has 0 spiro atoms. The predicted octanol–water partition coefficient (Wildman–Crippen LogP) is 6.04. The highest BCUT2D eigenvalue weighted by Gasteiger charge is 2.63. The van der Waals surface area contributed by atoms with Crippen molar-refractivity contribution in [3.63, 3.8) is 0 Å². The summed E-state index contributed by atoms with van der Waals surface area (Å²) in [6.45, 7) is 6.81. The average Bonchev–Trinajstić information content (AvgIpc) is 2.88. The third-order valence-corrected chi connectivity index (χ3v) is 8.30. The lowest BCUT2D eigenvalue weighted by Gasteiger charge is -2.58. The van der Waals surface area contributed by atoms with Gasteiger partial charge in [0.2, 0.25) is 0 Å². The van der Waals surface area contributed by atoms with Crippen molar-refractivity contribution in [2.75, 3.05) is 0 Å². The number of rotatable bonds is 1. The minimum Gasteiger partial charge on any atom is -0.244 e. The van der Waals surface area contributed by atoms with E-state index in [2.05, 4.69) is 32.9 Å². The molecule has 2 heteroatoms. The molecule has 0 aromatic heterocycles. The number of hydrogen-bond acceptors (Lipinski definition) is 0. The first-order chi connectivity index (χ1) is 10.9. The molecule has 4 rings (SSSR count). The highest BCUT2D eigenvalue weighted by atomic mass is 19.2. The second-order valence-corrected chi connectivity index (χ2v) is 8.94. The molecule has 0 aromatic carbocycles. The highest BCUT2D eigenvalue weighted by Crippen LogP contribution is 2.67. The normalized spacial score (nSPS) is 54.9. The first-order valence-corrected chi connectivity index (χ1v) is 9.60. The minimum absolute atomic E-state index is 0.0924. The Morgan fingerprint density at radius 3 is 2.65 bits per heavy atom. The van der Waals surface area contributed by atoms with Gasteiger partial charge in [-0.15, -0.1) is 0 Å². The molecule has 3 saturated carbocycles. The summed E-state index contributed by atoms with van der Waals surface area (Å²) in [6.07, 6.45) is 10.1. The minimum atomic E-state index is -1.39. The van der Waals surface area contributed by atoms with Crippen LogP contribution in [0.15, 0.2) is 23.8 Å². The molecule has 3 fully saturated rings. The molecule has 23 heavy (non-hydrogen) atoms. The van der Waals surface area contributed by atoms with Crippen molar-refractivity contribution in [1.82, 2.24) is 0 Å². The Kier molecular flexibility index (Phi) is 3.56. The zero-order chi connectivity index (χ0) is 16.4. The van der Waals surface area contributed by atoms with Crippen molar-refractivity contribution in [1.29, 1.82) is 0 Å². The van der Waals surface area contributed by atoms with Gasteiger partial charge in [-0.2, -0.15) is 0 Å². The molecule has 4 aliphatic rings. The van der Waals surface area contributed by atoms with Gasteiger partial charge in [-0.3, -0.25) is 0 Å². The Morgan fingerprint density at radius 1 is 1.13 bits per heavy atom. The van der Waals surface area contributed by atoms with Crippen molar-refractivity contribution in [2.45, 2.75) is 71.6 Å². The van der Waals surface area contributed by atoms with Gasteiger partial charge in [0, 0.05) is 11.3 Å². The molecular formula is C21H30F2. The maximum Gasteiger partial charge on any atom is 0.153 e. The summed E-state index contributed by atoms with van der Waals surface area (Å²) in [5, 5.41) is 0. The van der Waals surface area contributed by atoms with Crippen LogP contribution in [0.2, 0.25) is 0 Å². The fourth-order valence-corrected chi connectivity index (χ4v) is 7.06. The first kappa shape index (κ1) is 15.8. The largest absolute Gasteiger partial charge is 0.244 e. The third kappa shape index (κ3) is 1.93. The van der Waals surface area contributed by atoms with E-state index in [1.165, 1.54) is 19.3 Å². The van der Waals surface area contributed by atoms with Gasteiger partial charge >= 0.3 is 0 Å². The number of alkyl halides is 2. The smallest absolute Gasteiger partial charge is 0.153 e. The molecule has 0 aromatic rings. The molecule has 128 valence electrons. The second kappa shape index (κ2) is 5.17. The number of hydrogen-bond donors (Lipinski definition) is 0. The van der Waals surface area contributed by atoms with E-state index in [9.17, 15) is 0 Å². The zero-order valence-corrected chi connectivity index (χ0v) is 14.7. The van der Waals surface area contributed by atoms with Crippen LogP contribution < -0.4 is 0 Å². The summed E-state index contributed by atoms with van der Waals surface area (Å²) >= 11 is 0.